The Hall–Kier alpha value is -3.48. The summed E-state index contributed by atoms with van der Waals surface area (Å²) in [5.74, 6) is 0.812. The van der Waals surface area contributed by atoms with Crippen molar-refractivity contribution in [3.63, 3.8) is 0 Å². The van der Waals surface area contributed by atoms with E-state index in [1.165, 1.54) is 4.31 Å². The number of hydrogen-bond donors (Lipinski definition) is 0. The smallest absolute Gasteiger partial charge is 0.243 e. The van der Waals surface area contributed by atoms with Gasteiger partial charge in [-0.25, -0.2) is 8.42 Å². The Labute approximate surface area is 188 Å². The first-order chi connectivity index (χ1) is 15.5. The maximum absolute atomic E-state index is 12.9. The molecule has 5 nitrogen and oxygen atoms in total. The highest BCUT2D eigenvalue weighted by atomic mass is 32.2. The molecule has 0 saturated heterocycles. The van der Waals surface area contributed by atoms with E-state index in [9.17, 15) is 8.42 Å². The van der Waals surface area contributed by atoms with Gasteiger partial charge in [0.05, 0.1) is 17.7 Å². The highest BCUT2D eigenvalue weighted by molar-refractivity contribution is 7.89. The van der Waals surface area contributed by atoms with Gasteiger partial charge in [-0.05, 0) is 47.3 Å². The molecule has 0 atom stereocenters. The number of nitrogens with zero attached hydrogens (tertiary/aromatic N) is 2. The molecule has 32 heavy (non-hydrogen) atoms. The van der Waals surface area contributed by atoms with E-state index in [0.29, 0.717) is 12.2 Å². The minimum atomic E-state index is -3.59. The third kappa shape index (κ3) is 4.56. The molecule has 162 valence electrons. The topological polar surface area (TPSA) is 59.0 Å². The fourth-order valence-electron chi connectivity index (χ4n) is 3.54. The maximum atomic E-state index is 12.9. The minimum Gasteiger partial charge on any atom is -0.496 e. The number of fused-ring (bicyclic) bond motifs is 1. The zero-order valence-electron chi connectivity index (χ0n) is 18.0. The molecule has 6 heteroatoms. The van der Waals surface area contributed by atoms with Crippen molar-refractivity contribution in [1.82, 2.24) is 4.31 Å². The molecule has 0 aliphatic rings. The summed E-state index contributed by atoms with van der Waals surface area (Å²) in [7, 11) is -0.348. The molecule has 0 aromatic heterocycles. The predicted octanol–water partition coefficient (Wildman–Crippen LogP) is 5.42. The van der Waals surface area contributed by atoms with Crippen LogP contribution in [0.5, 0.6) is 5.75 Å². The van der Waals surface area contributed by atoms with E-state index in [1.807, 2.05) is 66.7 Å². The highest BCUT2D eigenvalue weighted by Crippen LogP contribution is 2.28. The normalized spacial score (nSPS) is 12.0. The number of sulfonamides is 1. The van der Waals surface area contributed by atoms with Gasteiger partial charge in [0.1, 0.15) is 5.75 Å². The Morgan fingerprint density at radius 3 is 2.19 bits per heavy atom. The van der Waals surface area contributed by atoms with Gasteiger partial charge in [0.25, 0.3) is 0 Å². The summed E-state index contributed by atoms with van der Waals surface area (Å²) in [6.45, 7) is 0.313. The molecule has 4 aromatic rings. The molecule has 4 rings (SSSR count). The number of methoxy groups -OCH3 is 1. The van der Waals surface area contributed by atoms with Crippen molar-refractivity contribution in [2.24, 2.45) is 4.99 Å². The van der Waals surface area contributed by atoms with E-state index in [0.717, 1.165) is 27.6 Å². The first-order valence-corrected chi connectivity index (χ1v) is 11.6. The molecule has 0 spiro atoms. The van der Waals surface area contributed by atoms with Gasteiger partial charge in [-0.1, -0.05) is 54.6 Å². The Kier molecular flexibility index (Phi) is 6.35. The molecule has 0 unspecified atom stereocenters. The van der Waals surface area contributed by atoms with Gasteiger partial charge < -0.3 is 4.74 Å². The Morgan fingerprint density at radius 2 is 1.50 bits per heavy atom. The Morgan fingerprint density at radius 1 is 0.844 bits per heavy atom. The van der Waals surface area contributed by atoms with E-state index >= 15 is 0 Å². The third-order valence-corrected chi connectivity index (χ3v) is 7.10. The number of hydrogen-bond acceptors (Lipinski definition) is 4. The number of rotatable bonds is 7. The van der Waals surface area contributed by atoms with Crippen LogP contribution >= 0.6 is 0 Å². The molecule has 0 saturated carbocycles. The number of ether oxygens (including phenoxy) is 1. The summed E-state index contributed by atoms with van der Waals surface area (Å²) >= 11 is 0. The molecule has 4 aromatic carbocycles. The molecule has 0 radical (unpaired) electrons. The standard InChI is InChI=1S/C26H24N2O3S/c1-28(19-20-8-4-3-5-9-20)32(29,30)23-15-13-22(14-16-23)27-18-21-12-17-26(31-2)25-11-7-6-10-24(21)25/h3-18H,19H2,1-2H3. The van der Waals surface area contributed by atoms with Crippen LogP contribution in [0.3, 0.4) is 0 Å². The highest BCUT2D eigenvalue weighted by Gasteiger charge is 2.20. The Balaban J connectivity index is 1.54. The van der Waals surface area contributed by atoms with Crippen LogP contribution in [0.1, 0.15) is 11.1 Å². The molecule has 0 N–H and O–H groups in total. The monoisotopic (exact) mass is 444 g/mol. The zero-order chi connectivity index (χ0) is 22.6. The lowest BCUT2D eigenvalue weighted by molar-refractivity contribution is 0.420. The maximum Gasteiger partial charge on any atom is 0.243 e. The fraction of sp³-hybridized carbons (Fsp3) is 0.115. The van der Waals surface area contributed by atoms with Crippen molar-refractivity contribution >= 4 is 32.7 Å². The SMILES string of the molecule is COc1ccc(C=Nc2ccc(S(=O)(=O)N(C)Cc3ccccc3)cc2)c2ccccc12. The molecule has 0 heterocycles. The third-order valence-electron chi connectivity index (χ3n) is 5.28. The predicted molar refractivity (Wildman–Crippen MR) is 129 cm³/mol. The molecule has 0 bridgehead atoms. The van der Waals surface area contributed by atoms with Crippen molar-refractivity contribution in [3.8, 4) is 5.75 Å². The fourth-order valence-corrected chi connectivity index (χ4v) is 4.70. The van der Waals surface area contributed by atoms with Crippen LogP contribution in [0.15, 0.2) is 101 Å². The lowest BCUT2D eigenvalue weighted by atomic mass is 10.0. The van der Waals surface area contributed by atoms with Crippen molar-refractivity contribution in [2.75, 3.05) is 14.2 Å². The summed E-state index contributed by atoms with van der Waals surface area (Å²) in [5.41, 5.74) is 2.57. The van der Waals surface area contributed by atoms with E-state index in [1.54, 1.807) is 44.6 Å². The molecule has 0 amide bonds. The van der Waals surface area contributed by atoms with Crippen molar-refractivity contribution in [1.29, 1.82) is 0 Å². The molecular weight excluding hydrogens is 420 g/mol. The largest absolute Gasteiger partial charge is 0.496 e. The summed E-state index contributed by atoms with van der Waals surface area (Å²) in [4.78, 5) is 4.78. The minimum absolute atomic E-state index is 0.241. The first kappa shape index (κ1) is 21.7. The summed E-state index contributed by atoms with van der Waals surface area (Å²) in [5, 5.41) is 2.05. The van der Waals surface area contributed by atoms with Crippen LogP contribution in [0.25, 0.3) is 10.8 Å². The molecule has 0 aliphatic carbocycles. The van der Waals surface area contributed by atoms with Gasteiger partial charge >= 0.3 is 0 Å². The van der Waals surface area contributed by atoms with Gasteiger partial charge in [-0.2, -0.15) is 4.31 Å². The van der Waals surface area contributed by atoms with E-state index in [2.05, 4.69) is 4.99 Å². The van der Waals surface area contributed by atoms with Crippen LogP contribution < -0.4 is 4.74 Å². The lowest BCUT2D eigenvalue weighted by Crippen LogP contribution is -2.26. The van der Waals surface area contributed by atoms with E-state index in [4.69, 9.17) is 4.74 Å². The van der Waals surface area contributed by atoms with Gasteiger partial charge in [-0.15, -0.1) is 0 Å². The molecule has 0 aliphatic heterocycles. The average Bonchev–Trinajstić information content (AvgIpc) is 2.83. The van der Waals surface area contributed by atoms with Gasteiger partial charge in [0.2, 0.25) is 10.0 Å². The molecule has 0 fully saturated rings. The lowest BCUT2D eigenvalue weighted by Gasteiger charge is -2.17. The zero-order valence-corrected chi connectivity index (χ0v) is 18.8. The van der Waals surface area contributed by atoms with Gasteiger partial charge in [0.15, 0.2) is 0 Å². The van der Waals surface area contributed by atoms with Crippen LogP contribution in [0.2, 0.25) is 0 Å². The number of benzene rings is 4. The van der Waals surface area contributed by atoms with Gasteiger partial charge in [0, 0.05) is 30.8 Å². The van der Waals surface area contributed by atoms with Crippen molar-refractivity contribution in [3.05, 3.63) is 102 Å². The second-order valence-electron chi connectivity index (χ2n) is 7.40. The van der Waals surface area contributed by atoms with Crippen LogP contribution in [-0.4, -0.2) is 33.1 Å². The summed E-state index contributed by atoms with van der Waals surface area (Å²) in [6, 6.07) is 28.0. The summed E-state index contributed by atoms with van der Waals surface area (Å²) in [6.07, 6.45) is 1.78. The van der Waals surface area contributed by atoms with E-state index in [-0.39, 0.29) is 4.90 Å². The first-order valence-electron chi connectivity index (χ1n) is 10.2. The summed E-state index contributed by atoms with van der Waals surface area (Å²) < 4.78 is 32.6. The van der Waals surface area contributed by atoms with Crippen molar-refractivity contribution in [2.45, 2.75) is 11.4 Å². The average molecular weight is 445 g/mol. The van der Waals surface area contributed by atoms with E-state index < -0.39 is 10.0 Å². The Bertz CT molecular complexity index is 1350. The van der Waals surface area contributed by atoms with Gasteiger partial charge in [-0.3, -0.25) is 4.99 Å². The van der Waals surface area contributed by atoms with Crippen LogP contribution in [0, 0.1) is 0 Å². The molecular formula is C26H24N2O3S. The van der Waals surface area contributed by atoms with Crippen LogP contribution in [0.4, 0.5) is 5.69 Å². The van der Waals surface area contributed by atoms with Crippen LogP contribution in [-0.2, 0) is 16.6 Å². The number of aliphatic imine (C=N–C) groups is 1. The second-order valence-corrected chi connectivity index (χ2v) is 9.45. The quantitative estimate of drug-likeness (QED) is 0.358. The second kappa shape index (κ2) is 9.34. The van der Waals surface area contributed by atoms with Crippen molar-refractivity contribution < 1.29 is 13.2 Å².